The lowest BCUT2D eigenvalue weighted by atomic mass is 10.2. The van der Waals surface area contributed by atoms with E-state index in [1.807, 2.05) is 12.1 Å². The zero-order chi connectivity index (χ0) is 22.9. The van der Waals surface area contributed by atoms with E-state index in [1.54, 1.807) is 43.4 Å². The van der Waals surface area contributed by atoms with Gasteiger partial charge in [-0.2, -0.15) is 0 Å². The molecule has 166 valence electrons. The number of likely N-dealkylation sites (N-methyl/N-ethyl adjacent to an activating group) is 1. The average molecular weight is 491 g/mol. The highest BCUT2D eigenvalue weighted by atomic mass is 35.5. The summed E-state index contributed by atoms with van der Waals surface area (Å²) in [7, 11) is -2.29. The molecule has 0 unspecified atom stereocenters. The maximum atomic E-state index is 13.4. The van der Waals surface area contributed by atoms with Gasteiger partial charge in [0.2, 0.25) is 0 Å². The Morgan fingerprint density at radius 2 is 1.59 bits per heavy atom. The largest absolute Gasteiger partial charge is 0.476 e. The van der Waals surface area contributed by atoms with Crippen molar-refractivity contribution in [2.75, 3.05) is 17.9 Å². The van der Waals surface area contributed by atoms with Crippen molar-refractivity contribution in [2.24, 2.45) is 0 Å². The third kappa shape index (κ3) is 4.55. The van der Waals surface area contributed by atoms with Crippen LogP contribution >= 0.6 is 23.2 Å². The highest BCUT2D eigenvalue weighted by Gasteiger charge is 2.38. The van der Waals surface area contributed by atoms with E-state index in [4.69, 9.17) is 27.9 Å². The first kappa shape index (κ1) is 22.5. The van der Waals surface area contributed by atoms with Crippen molar-refractivity contribution in [1.29, 1.82) is 0 Å². The molecular weight excluding hydrogens is 471 g/mol. The Hall–Kier alpha value is -2.74. The van der Waals surface area contributed by atoms with Crippen LogP contribution in [0.3, 0.4) is 0 Å². The van der Waals surface area contributed by atoms with Gasteiger partial charge in [0.1, 0.15) is 5.75 Å². The van der Waals surface area contributed by atoms with Crippen LogP contribution in [0.4, 0.5) is 5.69 Å². The molecule has 0 bridgehead atoms. The lowest BCUT2D eigenvalue weighted by molar-refractivity contribution is -0.137. The van der Waals surface area contributed by atoms with Crippen molar-refractivity contribution >= 4 is 44.8 Å². The molecule has 3 aromatic carbocycles. The second-order valence-electron chi connectivity index (χ2n) is 7.39. The molecule has 0 aliphatic carbocycles. The first-order valence-corrected chi connectivity index (χ1v) is 12.0. The van der Waals surface area contributed by atoms with Gasteiger partial charge in [0.15, 0.2) is 6.10 Å². The minimum Gasteiger partial charge on any atom is -0.476 e. The van der Waals surface area contributed by atoms with E-state index >= 15 is 0 Å². The zero-order valence-corrected chi connectivity index (χ0v) is 19.4. The molecule has 1 aliphatic heterocycles. The molecule has 0 spiro atoms. The Balaban J connectivity index is 1.62. The van der Waals surface area contributed by atoms with Crippen LogP contribution in [-0.4, -0.2) is 38.9 Å². The Morgan fingerprint density at radius 1 is 1.00 bits per heavy atom. The lowest BCUT2D eigenvalue weighted by Crippen LogP contribution is -2.50. The third-order valence-corrected chi connectivity index (χ3v) is 7.42. The van der Waals surface area contributed by atoms with Gasteiger partial charge in [-0.3, -0.25) is 9.10 Å². The van der Waals surface area contributed by atoms with Gasteiger partial charge in [0, 0.05) is 23.6 Å². The topological polar surface area (TPSA) is 66.9 Å². The molecule has 1 heterocycles. The molecule has 6 nitrogen and oxygen atoms in total. The van der Waals surface area contributed by atoms with Crippen LogP contribution in [0.1, 0.15) is 5.56 Å². The molecule has 1 atom stereocenters. The number of nitrogens with zero attached hydrogens (tertiary/aromatic N) is 2. The number of benzene rings is 3. The summed E-state index contributed by atoms with van der Waals surface area (Å²) in [5, 5.41) is 1.04. The molecule has 32 heavy (non-hydrogen) atoms. The fraction of sp³-hybridized carbons (Fsp3) is 0.174. The van der Waals surface area contributed by atoms with Gasteiger partial charge in [-0.25, -0.2) is 8.42 Å². The molecule has 0 aromatic heterocycles. The number of rotatable bonds is 5. The predicted octanol–water partition coefficient (Wildman–Crippen LogP) is 4.61. The van der Waals surface area contributed by atoms with Crippen LogP contribution in [0, 0.1) is 0 Å². The van der Waals surface area contributed by atoms with Gasteiger partial charge in [-0.1, -0.05) is 47.5 Å². The maximum absolute atomic E-state index is 13.4. The number of halogens is 2. The fourth-order valence-electron chi connectivity index (χ4n) is 3.48. The van der Waals surface area contributed by atoms with Crippen molar-refractivity contribution in [3.8, 4) is 5.75 Å². The highest BCUT2D eigenvalue weighted by molar-refractivity contribution is 7.92. The molecular formula is C23H20Cl2N2O4S. The zero-order valence-electron chi connectivity index (χ0n) is 17.1. The summed E-state index contributed by atoms with van der Waals surface area (Å²) in [6.45, 7) is 0.188. The number of carbonyl (C=O) groups is 1. The van der Waals surface area contributed by atoms with Gasteiger partial charge in [0.25, 0.3) is 15.9 Å². The maximum Gasteiger partial charge on any atom is 0.265 e. The summed E-state index contributed by atoms with van der Waals surface area (Å²) >= 11 is 11.8. The standard InChI is InChI=1S/C23H20Cl2N2O4S/c1-26(14-16-6-8-17(24)9-7-16)23(28)22-15-27(20-4-2-3-5-21(20)31-22)32(29,30)19-12-10-18(25)11-13-19/h2-13,22H,14-15H2,1H3/t22-/m0/s1. The van der Waals surface area contributed by atoms with E-state index < -0.39 is 16.1 Å². The van der Waals surface area contributed by atoms with Crippen molar-refractivity contribution in [3.63, 3.8) is 0 Å². The van der Waals surface area contributed by atoms with E-state index in [-0.39, 0.29) is 17.3 Å². The van der Waals surface area contributed by atoms with Gasteiger partial charge in [0.05, 0.1) is 17.1 Å². The van der Waals surface area contributed by atoms with Crippen molar-refractivity contribution in [1.82, 2.24) is 4.90 Å². The summed E-state index contributed by atoms with van der Waals surface area (Å²) in [5.74, 6) is 0.000269. The number of carbonyl (C=O) groups excluding carboxylic acids is 1. The number of sulfonamides is 1. The molecule has 9 heteroatoms. The number of anilines is 1. The van der Waals surface area contributed by atoms with E-state index in [1.165, 1.54) is 33.5 Å². The molecule has 4 rings (SSSR count). The molecule has 1 amide bonds. The predicted molar refractivity (Wildman–Crippen MR) is 125 cm³/mol. The summed E-state index contributed by atoms with van der Waals surface area (Å²) in [4.78, 5) is 14.8. The van der Waals surface area contributed by atoms with Gasteiger partial charge < -0.3 is 9.64 Å². The van der Waals surface area contributed by atoms with E-state index in [0.717, 1.165) is 5.56 Å². The molecule has 3 aromatic rings. The van der Waals surface area contributed by atoms with E-state index in [0.29, 0.717) is 28.0 Å². The Labute approximate surface area is 197 Å². The normalized spacial score (nSPS) is 15.6. The van der Waals surface area contributed by atoms with Crippen molar-refractivity contribution in [2.45, 2.75) is 17.5 Å². The minimum atomic E-state index is -3.94. The average Bonchev–Trinajstić information content (AvgIpc) is 2.79. The SMILES string of the molecule is CN(Cc1ccc(Cl)cc1)C(=O)[C@@H]1CN(S(=O)(=O)c2ccc(Cl)cc2)c2ccccc2O1. The summed E-state index contributed by atoms with van der Waals surface area (Å²) in [6.07, 6.45) is -0.996. The van der Waals surface area contributed by atoms with Crippen molar-refractivity contribution < 1.29 is 17.9 Å². The second kappa shape index (κ2) is 9.02. The first-order valence-electron chi connectivity index (χ1n) is 9.79. The third-order valence-electron chi connectivity index (χ3n) is 5.12. The quantitative estimate of drug-likeness (QED) is 0.523. The Bertz CT molecular complexity index is 1230. The molecule has 0 saturated carbocycles. The number of para-hydroxylation sites is 2. The van der Waals surface area contributed by atoms with Crippen LogP contribution in [0.25, 0.3) is 0 Å². The smallest absolute Gasteiger partial charge is 0.265 e. The second-order valence-corrected chi connectivity index (χ2v) is 10.1. The van der Waals surface area contributed by atoms with Gasteiger partial charge in [-0.05, 0) is 54.1 Å². The molecule has 1 aliphatic rings. The molecule has 0 N–H and O–H groups in total. The molecule has 0 radical (unpaired) electrons. The molecule has 0 saturated heterocycles. The van der Waals surface area contributed by atoms with Crippen LogP contribution in [0.15, 0.2) is 77.7 Å². The molecule has 0 fully saturated rings. The Morgan fingerprint density at radius 3 is 2.25 bits per heavy atom. The first-order chi connectivity index (χ1) is 15.3. The number of ether oxygens (including phenoxy) is 1. The van der Waals surface area contributed by atoms with Crippen LogP contribution < -0.4 is 9.04 Å². The fourth-order valence-corrected chi connectivity index (χ4v) is 5.21. The number of fused-ring (bicyclic) bond motifs is 1. The van der Waals surface area contributed by atoms with Crippen LogP contribution in [0.5, 0.6) is 5.75 Å². The van der Waals surface area contributed by atoms with Crippen LogP contribution in [0.2, 0.25) is 10.0 Å². The summed E-state index contributed by atoms with van der Waals surface area (Å²) in [6, 6.07) is 19.9. The van der Waals surface area contributed by atoms with Crippen LogP contribution in [-0.2, 0) is 21.4 Å². The van der Waals surface area contributed by atoms with E-state index in [2.05, 4.69) is 0 Å². The number of amides is 1. The minimum absolute atomic E-state index is 0.0827. The van der Waals surface area contributed by atoms with Gasteiger partial charge >= 0.3 is 0 Å². The van der Waals surface area contributed by atoms with Gasteiger partial charge in [-0.15, -0.1) is 0 Å². The number of hydrogen-bond donors (Lipinski definition) is 0. The van der Waals surface area contributed by atoms with E-state index in [9.17, 15) is 13.2 Å². The summed E-state index contributed by atoms with van der Waals surface area (Å²) < 4.78 is 34.0. The Kier molecular flexibility index (Phi) is 6.33. The van der Waals surface area contributed by atoms with Crippen molar-refractivity contribution in [3.05, 3.63) is 88.4 Å². The monoisotopic (exact) mass is 490 g/mol. The highest BCUT2D eigenvalue weighted by Crippen LogP contribution is 2.37. The number of hydrogen-bond acceptors (Lipinski definition) is 4. The lowest BCUT2D eigenvalue weighted by Gasteiger charge is -2.36. The summed E-state index contributed by atoms with van der Waals surface area (Å²) in [5.41, 5.74) is 1.28.